The highest BCUT2D eigenvalue weighted by Crippen LogP contribution is 2.19. The van der Waals surface area contributed by atoms with Crippen molar-refractivity contribution in [3.63, 3.8) is 0 Å². The molecular weight excluding hydrogens is 236 g/mol. The molecule has 102 valence electrons. The molecule has 0 amide bonds. The van der Waals surface area contributed by atoms with Crippen molar-refractivity contribution in [3.8, 4) is 0 Å². The molecular formula is C16H22N2O. The zero-order valence-corrected chi connectivity index (χ0v) is 11.7. The van der Waals surface area contributed by atoms with Crippen molar-refractivity contribution >= 4 is 12.4 Å². The Morgan fingerprint density at radius 3 is 2.74 bits per heavy atom. The molecule has 2 atom stereocenters. The van der Waals surface area contributed by atoms with Gasteiger partial charge >= 0.3 is 0 Å². The standard InChI is InChI=1S/C16H22N2O/c1-17(10-8-14-6-4-3-5-7-14)15-9-11-18(2)16(12-15)13-19/h3-8,10,13,15-16H,9,11-12H2,1-2H3. The Labute approximate surface area is 115 Å². The quantitative estimate of drug-likeness (QED) is 0.774. The number of likely N-dealkylation sites (tertiary alicyclic amines) is 1. The van der Waals surface area contributed by atoms with Crippen molar-refractivity contribution in [2.24, 2.45) is 0 Å². The molecule has 0 spiro atoms. The molecule has 1 fully saturated rings. The van der Waals surface area contributed by atoms with Gasteiger partial charge in [-0.2, -0.15) is 0 Å². The van der Waals surface area contributed by atoms with Gasteiger partial charge in [0.05, 0.1) is 6.04 Å². The first-order valence-corrected chi connectivity index (χ1v) is 6.81. The maximum Gasteiger partial charge on any atom is 0.137 e. The van der Waals surface area contributed by atoms with Crippen molar-refractivity contribution in [2.45, 2.75) is 24.9 Å². The number of carbonyl (C=O) groups is 1. The number of hydrogen-bond acceptors (Lipinski definition) is 3. The lowest BCUT2D eigenvalue weighted by molar-refractivity contribution is -0.113. The molecule has 1 heterocycles. The van der Waals surface area contributed by atoms with Crippen molar-refractivity contribution in [2.75, 3.05) is 20.6 Å². The molecule has 3 nitrogen and oxygen atoms in total. The van der Waals surface area contributed by atoms with E-state index in [1.807, 2.05) is 25.2 Å². The smallest absolute Gasteiger partial charge is 0.137 e. The first-order valence-electron chi connectivity index (χ1n) is 6.81. The second kappa shape index (κ2) is 6.53. The second-order valence-corrected chi connectivity index (χ2v) is 5.25. The number of hydrogen-bond donors (Lipinski definition) is 0. The fourth-order valence-corrected chi connectivity index (χ4v) is 2.51. The number of carbonyl (C=O) groups excluding carboxylic acids is 1. The fourth-order valence-electron chi connectivity index (χ4n) is 2.51. The van der Waals surface area contributed by atoms with E-state index in [0.717, 1.165) is 25.7 Å². The van der Waals surface area contributed by atoms with Crippen LogP contribution in [0.2, 0.25) is 0 Å². The van der Waals surface area contributed by atoms with Crippen LogP contribution in [-0.2, 0) is 4.79 Å². The van der Waals surface area contributed by atoms with Gasteiger partial charge in [0.15, 0.2) is 0 Å². The van der Waals surface area contributed by atoms with Crippen LogP contribution in [0.5, 0.6) is 0 Å². The number of aldehydes is 1. The van der Waals surface area contributed by atoms with Crippen LogP contribution >= 0.6 is 0 Å². The number of rotatable bonds is 4. The summed E-state index contributed by atoms with van der Waals surface area (Å²) in [6.07, 6.45) is 7.33. The monoisotopic (exact) mass is 258 g/mol. The van der Waals surface area contributed by atoms with Crippen LogP contribution in [0.1, 0.15) is 18.4 Å². The van der Waals surface area contributed by atoms with Gasteiger partial charge in [0.1, 0.15) is 6.29 Å². The van der Waals surface area contributed by atoms with E-state index in [1.165, 1.54) is 5.56 Å². The minimum absolute atomic E-state index is 0.0614. The lowest BCUT2D eigenvalue weighted by Gasteiger charge is -2.38. The first kappa shape index (κ1) is 13.8. The SMILES string of the molecule is CN(C=Cc1ccccc1)C1CCN(C)C(C=O)C1. The third-order valence-electron chi connectivity index (χ3n) is 3.93. The van der Waals surface area contributed by atoms with E-state index >= 15 is 0 Å². The molecule has 1 aromatic carbocycles. The summed E-state index contributed by atoms with van der Waals surface area (Å²) < 4.78 is 0. The highest BCUT2D eigenvalue weighted by Gasteiger charge is 2.26. The zero-order valence-electron chi connectivity index (χ0n) is 11.7. The van der Waals surface area contributed by atoms with Gasteiger partial charge < -0.3 is 9.69 Å². The summed E-state index contributed by atoms with van der Waals surface area (Å²) in [6, 6.07) is 10.8. The van der Waals surface area contributed by atoms with E-state index in [4.69, 9.17) is 0 Å². The average Bonchev–Trinajstić information content (AvgIpc) is 2.46. The summed E-state index contributed by atoms with van der Waals surface area (Å²) in [7, 11) is 4.12. The lowest BCUT2D eigenvalue weighted by Crippen LogP contribution is -2.46. The van der Waals surface area contributed by atoms with Gasteiger partial charge in [0, 0.05) is 19.6 Å². The van der Waals surface area contributed by atoms with Crippen LogP contribution in [-0.4, -0.2) is 48.8 Å². The number of benzene rings is 1. The molecule has 0 N–H and O–H groups in total. The Morgan fingerprint density at radius 1 is 1.32 bits per heavy atom. The minimum atomic E-state index is 0.0614. The second-order valence-electron chi connectivity index (χ2n) is 5.25. The van der Waals surface area contributed by atoms with Gasteiger partial charge in [-0.05, 0) is 37.7 Å². The van der Waals surface area contributed by atoms with Crippen molar-refractivity contribution in [1.82, 2.24) is 9.80 Å². The summed E-state index contributed by atoms with van der Waals surface area (Å²) in [6.45, 7) is 0.984. The van der Waals surface area contributed by atoms with Gasteiger partial charge in [-0.15, -0.1) is 0 Å². The third-order valence-corrected chi connectivity index (χ3v) is 3.93. The van der Waals surface area contributed by atoms with Gasteiger partial charge in [-0.3, -0.25) is 4.90 Å². The Hall–Kier alpha value is -1.61. The molecule has 2 unspecified atom stereocenters. The first-order chi connectivity index (χ1) is 9.20. The van der Waals surface area contributed by atoms with E-state index in [2.05, 4.69) is 41.3 Å². The van der Waals surface area contributed by atoms with Crippen LogP contribution in [0.3, 0.4) is 0 Å². The molecule has 1 aliphatic heterocycles. The van der Waals surface area contributed by atoms with Gasteiger partial charge in [-0.25, -0.2) is 0 Å². The zero-order chi connectivity index (χ0) is 13.7. The lowest BCUT2D eigenvalue weighted by atomic mass is 9.97. The molecule has 0 aliphatic carbocycles. The molecule has 1 saturated heterocycles. The van der Waals surface area contributed by atoms with Gasteiger partial charge in [0.25, 0.3) is 0 Å². The Morgan fingerprint density at radius 2 is 2.05 bits per heavy atom. The highest BCUT2D eigenvalue weighted by atomic mass is 16.1. The molecule has 1 aromatic rings. The van der Waals surface area contributed by atoms with E-state index in [0.29, 0.717) is 6.04 Å². The summed E-state index contributed by atoms with van der Waals surface area (Å²) in [4.78, 5) is 15.4. The number of likely N-dealkylation sites (N-methyl/N-ethyl adjacent to an activating group) is 1. The maximum atomic E-state index is 11.0. The average molecular weight is 258 g/mol. The predicted octanol–water partition coefficient (Wildman–Crippen LogP) is 2.25. The third kappa shape index (κ3) is 3.67. The van der Waals surface area contributed by atoms with E-state index in [9.17, 15) is 4.79 Å². The summed E-state index contributed by atoms with van der Waals surface area (Å²) in [5.41, 5.74) is 1.20. The molecule has 3 heteroatoms. The molecule has 0 aromatic heterocycles. The van der Waals surface area contributed by atoms with Crippen molar-refractivity contribution in [3.05, 3.63) is 42.1 Å². The Bertz CT molecular complexity index is 430. The molecule has 0 bridgehead atoms. The van der Waals surface area contributed by atoms with E-state index in [1.54, 1.807) is 0 Å². The largest absolute Gasteiger partial charge is 0.377 e. The van der Waals surface area contributed by atoms with Crippen molar-refractivity contribution < 1.29 is 4.79 Å². The summed E-state index contributed by atoms with van der Waals surface area (Å²) >= 11 is 0. The van der Waals surface area contributed by atoms with Crippen LogP contribution in [0, 0.1) is 0 Å². The van der Waals surface area contributed by atoms with Crippen LogP contribution in [0.25, 0.3) is 6.08 Å². The Kier molecular flexibility index (Phi) is 4.74. The molecule has 2 rings (SSSR count). The number of nitrogens with zero attached hydrogens (tertiary/aromatic N) is 2. The molecule has 0 radical (unpaired) electrons. The Balaban J connectivity index is 1.95. The minimum Gasteiger partial charge on any atom is -0.377 e. The molecule has 0 saturated carbocycles. The fraction of sp³-hybridized carbons (Fsp3) is 0.438. The van der Waals surface area contributed by atoms with Gasteiger partial charge in [-0.1, -0.05) is 30.3 Å². The maximum absolute atomic E-state index is 11.0. The normalized spacial score (nSPS) is 24.5. The van der Waals surface area contributed by atoms with Crippen LogP contribution in [0.15, 0.2) is 36.5 Å². The van der Waals surface area contributed by atoms with Gasteiger partial charge in [0.2, 0.25) is 0 Å². The van der Waals surface area contributed by atoms with E-state index in [-0.39, 0.29) is 6.04 Å². The predicted molar refractivity (Wildman–Crippen MR) is 78.7 cm³/mol. The highest BCUT2D eigenvalue weighted by molar-refractivity contribution is 5.58. The van der Waals surface area contributed by atoms with Crippen molar-refractivity contribution in [1.29, 1.82) is 0 Å². The van der Waals surface area contributed by atoms with E-state index < -0.39 is 0 Å². The van der Waals surface area contributed by atoms with Crippen LogP contribution < -0.4 is 0 Å². The topological polar surface area (TPSA) is 23.6 Å². The summed E-state index contributed by atoms with van der Waals surface area (Å²) in [5.74, 6) is 0. The number of piperidine rings is 1. The van der Waals surface area contributed by atoms with Crippen LogP contribution in [0.4, 0.5) is 0 Å². The summed E-state index contributed by atoms with van der Waals surface area (Å²) in [5, 5.41) is 0. The molecule has 19 heavy (non-hydrogen) atoms. The molecule has 1 aliphatic rings.